The molecule has 0 aliphatic rings. The van der Waals surface area contributed by atoms with E-state index in [1.54, 1.807) is 0 Å². The van der Waals surface area contributed by atoms with Crippen LogP contribution in [0.4, 0.5) is 10.1 Å². The molecule has 1 aromatic carbocycles. The Morgan fingerprint density at radius 3 is 2.84 bits per heavy atom. The van der Waals surface area contributed by atoms with Gasteiger partial charge in [-0.1, -0.05) is 6.07 Å². The van der Waals surface area contributed by atoms with E-state index in [9.17, 15) is 9.18 Å². The Balaban J connectivity index is 2.17. The van der Waals surface area contributed by atoms with Crippen LogP contribution in [0.1, 0.15) is 15.9 Å². The number of benzene rings is 1. The second-order valence-electron chi connectivity index (χ2n) is 3.99. The van der Waals surface area contributed by atoms with Crippen LogP contribution in [-0.2, 0) is 0 Å². The van der Waals surface area contributed by atoms with Crippen molar-refractivity contribution in [1.82, 2.24) is 15.0 Å². The van der Waals surface area contributed by atoms with Crippen molar-refractivity contribution in [2.45, 2.75) is 0 Å². The molecule has 0 unspecified atom stereocenters. The van der Waals surface area contributed by atoms with E-state index in [0.29, 0.717) is 11.2 Å². The molecule has 0 radical (unpaired) electrons. The van der Waals surface area contributed by atoms with E-state index in [1.807, 2.05) is 0 Å². The first kappa shape index (κ1) is 11.3. The van der Waals surface area contributed by atoms with Crippen LogP contribution < -0.4 is 5.73 Å². The fourth-order valence-corrected chi connectivity index (χ4v) is 1.89. The number of aromatic nitrogens is 3. The number of nitrogens with zero attached hydrogens (tertiary/aromatic N) is 2. The molecule has 3 rings (SSSR count). The van der Waals surface area contributed by atoms with E-state index in [-0.39, 0.29) is 16.8 Å². The zero-order chi connectivity index (χ0) is 13.4. The molecule has 3 aromatic rings. The smallest absolute Gasteiger partial charge is 0.199 e. The molecule has 5 nitrogen and oxygen atoms in total. The van der Waals surface area contributed by atoms with Gasteiger partial charge in [-0.25, -0.2) is 9.37 Å². The Morgan fingerprint density at radius 2 is 2.00 bits per heavy atom. The molecule has 0 spiro atoms. The van der Waals surface area contributed by atoms with Crippen LogP contribution in [0.3, 0.4) is 0 Å². The number of hydrogen-bond acceptors (Lipinski definition) is 4. The Bertz CT molecular complexity index is 781. The Hall–Kier alpha value is -2.76. The molecule has 3 N–H and O–H groups in total. The third-order valence-corrected chi connectivity index (χ3v) is 2.82. The maximum absolute atomic E-state index is 13.9. The van der Waals surface area contributed by atoms with Gasteiger partial charge in [0.05, 0.1) is 16.8 Å². The largest absolute Gasteiger partial charge is 0.396 e. The number of aromatic amines is 1. The molecule has 0 saturated heterocycles. The summed E-state index contributed by atoms with van der Waals surface area (Å²) in [5.74, 6) is -1.19. The summed E-state index contributed by atoms with van der Waals surface area (Å²) in [6, 6.07) is 4.33. The zero-order valence-electron chi connectivity index (χ0n) is 9.72. The van der Waals surface area contributed by atoms with E-state index in [1.165, 1.54) is 36.8 Å². The number of halogens is 1. The third kappa shape index (κ3) is 1.74. The number of fused-ring (bicyclic) bond motifs is 1. The van der Waals surface area contributed by atoms with Crippen molar-refractivity contribution in [2.24, 2.45) is 0 Å². The van der Waals surface area contributed by atoms with Crippen molar-refractivity contribution in [1.29, 1.82) is 0 Å². The van der Waals surface area contributed by atoms with Crippen molar-refractivity contribution in [3.8, 4) is 0 Å². The lowest BCUT2D eigenvalue weighted by molar-refractivity contribution is 0.103. The minimum Gasteiger partial charge on any atom is -0.396 e. The summed E-state index contributed by atoms with van der Waals surface area (Å²) in [7, 11) is 0. The number of carbonyl (C=O) groups excluding carboxylic acids is 1. The average Bonchev–Trinajstić information content (AvgIpc) is 2.85. The highest BCUT2D eigenvalue weighted by Gasteiger charge is 2.19. The molecule has 0 bridgehead atoms. The average molecular weight is 256 g/mol. The van der Waals surface area contributed by atoms with Crippen molar-refractivity contribution >= 4 is 22.6 Å². The van der Waals surface area contributed by atoms with Gasteiger partial charge in [0.25, 0.3) is 0 Å². The molecule has 0 atom stereocenters. The van der Waals surface area contributed by atoms with Crippen LogP contribution in [0.25, 0.3) is 11.2 Å². The SMILES string of the molecule is Nc1cccc(C(=O)c2c[nH]c3nccnc23)c1F. The zero-order valence-corrected chi connectivity index (χ0v) is 9.72. The fraction of sp³-hybridized carbons (Fsp3) is 0. The Morgan fingerprint density at radius 1 is 1.21 bits per heavy atom. The summed E-state index contributed by atoms with van der Waals surface area (Å²) in [6.07, 6.45) is 4.45. The number of H-pyrrole nitrogens is 1. The summed E-state index contributed by atoms with van der Waals surface area (Å²) in [4.78, 5) is 23.2. The van der Waals surface area contributed by atoms with Crippen molar-refractivity contribution in [3.63, 3.8) is 0 Å². The summed E-state index contributed by atoms with van der Waals surface area (Å²) < 4.78 is 13.9. The van der Waals surface area contributed by atoms with Gasteiger partial charge in [0.1, 0.15) is 5.52 Å². The second-order valence-corrected chi connectivity index (χ2v) is 3.99. The van der Waals surface area contributed by atoms with Gasteiger partial charge in [-0.15, -0.1) is 0 Å². The highest BCUT2D eigenvalue weighted by Crippen LogP contribution is 2.21. The van der Waals surface area contributed by atoms with Crippen molar-refractivity contribution in [3.05, 3.63) is 53.7 Å². The molecule has 0 aliphatic heterocycles. The molecule has 94 valence electrons. The molecule has 6 heteroatoms. The number of nitrogens with one attached hydrogen (secondary N) is 1. The molecule has 0 amide bonds. The second kappa shape index (κ2) is 4.16. The first-order chi connectivity index (χ1) is 9.18. The monoisotopic (exact) mass is 256 g/mol. The number of nitrogen functional groups attached to an aromatic ring is 1. The highest BCUT2D eigenvalue weighted by molar-refractivity contribution is 6.15. The minimum atomic E-state index is -0.717. The maximum atomic E-state index is 13.9. The normalized spacial score (nSPS) is 10.8. The van der Waals surface area contributed by atoms with Crippen molar-refractivity contribution in [2.75, 3.05) is 5.73 Å². The van der Waals surface area contributed by atoms with Gasteiger partial charge in [-0.05, 0) is 12.1 Å². The van der Waals surface area contributed by atoms with Gasteiger partial charge in [0.15, 0.2) is 17.2 Å². The molecular formula is C13H9FN4O. The van der Waals surface area contributed by atoms with E-state index < -0.39 is 11.6 Å². The molecule has 19 heavy (non-hydrogen) atoms. The summed E-state index contributed by atoms with van der Waals surface area (Å²) in [5.41, 5.74) is 6.49. The van der Waals surface area contributed by atoms with Gasteiger partial charge in [-0.3, -0.25) is 9.78 Å². The number of hydrogen-bond donors (Lipinski definition) is 2. The maximum Gasteiger partial charge on any atom is 0.199 e. The number of ketones is 1. The predicted octanol–water partition coefficient (Wildman–Crippen LogP) is 1.91. The van der Waals surface area contributed by atoms with Crippen LogP contribution in [0, 0.1) is 5.82 Å². The molecule has 0 fully saturated rings. The van der Waals surface area contributed by atoms with Gasteiger partial charge in [0, 0.05) is 18.6 Å². The Labute approximate surface area is 107 Å². The Kier molecular flexibility index (Phi) is 2.49. The first-order valence-electron chi connectivity index (χ1n) is 5.55. The lowest BCUT2D eigenvalue weighted by atomic mass is 10.0. The van der Waals surface area contributed by atoms with E-state index in [4.69, 9.17) is 5.73 Å². The van der Waals surface area contributed by atoms with Crippen LogP contribution >= 0.6 is 0 Å². The van der Waals surface area contributed by atoms with Crippen LogP contribution in [0.15, 0.2) is 36.8 Å². The lowest BCUT2D eigenvalue weighted by Gasteiger charge is -2.03. The first-order valence-corrected chi connectivity index (χ1v) is 5.55. The van der Waals surface area contributed by atoms with Crippen molar-refractivity contribution < 1.29 is 9.18 Å². The van der Waals surface area contributed by atoms with E-state index in [0.717, 1.165) is 0 Å². The van der Waals surface area contributed by atoms with E-state index in [2.05, 4.69) is 15.0 Å². The van der Waals surface area contributed by atoms with Crippen LogP contribution in [0.5, 0.6) is 0 Å². The van der Waals surface area contributed by atoms with Gasteiger partial charge < -0.3 is 10.7 Å². The van der Waals surface area contributed by atoms with Crippen LogP contribution in [-0.4, -0.2) is 20.7 Å². The third-order valence-electron chi connectivity index (χ3n) is 2.82. The lowest BCUT2D eigenvalue weighted by Crippen LogP contribution is -2.06. The fourth-order valence-electron chi connectivity index (χ4n) is 1.89. The molecule has 0 aliphatic carbocycles. The number of rotatable bonds is 2. The summed E-state index contributed by atoms with van der Waals surface area (Å²) in [6.45, 7) is 0. The summed E-state index contributed by atoms with van der Waals surface area (Å²) in [5, 5.41) is 0. The standard InChI is InChI=1S/C13H9FN4O/c14-10-7(2-1-3-9(10)15)12(19)8-6-18-13-11(8)16-4-5-17-13/h1-6H,15H2,(H,17,18). The van der Waals surface area contributed by atoms with Crippen LogP contribution in [0.2, 0.25) is 0 Å². The quantitative estimate of drug-likeness (QED) is 0.541. The predicted molar refractivity (Wildman–Crippen MR) is 68.1 cm³/mol. The number of anilines is 1. The molecule has 2 heterocycles. The summed E-state index contributed by atoms with van der Waals surface area (Å²) >= 11 is 0. The number of nitrogens with two attached hydrogens (primary N) is 1. The minimum absolute atomic E-state index is 0.0585. The van der Waals surface area contributed by atoms with Gasteiger partial charge in [0.2, 0.25) is 0 Å². The number of carbonyl (C=O) groups is 1. The topological polar surface area (TPSA) is 84.7 Å². The highest BCUT2D eigenvalue weighted by atomic mass is 19.1. The van der Waals surface area contributed by atoms with Gasteiger partial charge >= 0.3 is 0 Å². The molecule has 0 saturated carbocycles. The van der Waals surface area contributed by atoms with E-state index >= 15 is 0 Å². The van der Waals surface area contributed by atoms with Gasteiger partial charge in [-0.2, -0.15) is 0 Å². The molecule has 2 aromatic heterocycles. The molecular weight excluding hydrogens is 247 g/mol.